The van der Waals surface area contributed by atoms with Gasteiger partial charge in [-0.3, -0.25) is 15.0 Å². The van der Waals surface area contributed by atoms with Gasteiger partial charge in [0.2, 0.25) is 0 Å². The SMILES string of the molecule is CO[C@H]1CCN(c2cc(NC(=O)N3CCCc4cc(CN5CCCOC5=C=O)c(C=O)nc43)ncc2C#N)C1. The van der Waals surface area contributed by atoms with Crippen LogP contribution >= 0.6 is 0 Å². The molecule has 2 fully saturated rings. The minimum atomic E-state index is -0.428. The number of carbonyl (C=O) groups is 2. The summed E-state index contributed by atoms with van der Waals surface area (Å²) < 4.78 is 10.8. The standard InChI is InChI=1S/C27H29N7O5/c1-38-21-5-8-32(15-21)23-11-24(29-13-20(23)12-28)31-27(37)34-7-2-4-18-10-19(22(16-35)30-26(18)34)14-33-6-3-9-39-25(33)17-36/h10-11,13,16,21H,2-9,14-15H2,1H3,(H,29,31,37)/t21-/m0/s1. The maximum absolute atomic E-state index is 13.4. The van der Waals surface area contributed by atoms with Crippen LogP contribution < -0.4 is 15.1 Å². The van der Waals surface area contributed by atoms with Crippen molar-refractivity contribution in [3.05, 3.63) is 46.6 Å². The predicted octanol–water partition coefficient (Wildman–Crippen LogP) is 2.27. The van der Waals surface area contributed by atoms with Gasteiger partial charge in [-0.2, -0.15) is 5.26 Å². The van der Waals surface area contributed by atoms with Gasteiger partial charge in [-0.25, -0.2) is 19.6 Å². The van der Waals surface area contributed by atoms with Crippen molar-refractivity contribution in [2.45, 2.75) is 38.3 Å². The highest BCUT2D eigenvalue weighted by Gasteiger charge is 2.29. The van der Waals surface area contributed by atoms with Crippen molar-refractivity contribution in [1.29, 1.82) is 5.26 Å². The number of aryl methyl sites for hydroxylation is 1. The van der Waals surface area contributed by atoms with Crippen molar-refractivity contribution in [2.24, 2.45) is 0 Å². The molecule has 0 unspecified atom stereocenters. The number of pyridine rings is 2. The molecule has 2 aromatic heterocycles. The van der Waals surface area contributed by atoms with E-state index in [2.05, 4.69) is 26.3 Å². The highest BCUT2D eigenvalue weighted by molar-refractivity contribution is 6.02. The van der Waals surface area contributed by atoms with Gasteiger partial charge in [-0.05, 0) is 37.3 Å². The first-order valence-corrected chi connectivity index (χ1v) is 12.9. The number of amides is 2. The molecular formula is C27H29N7O5. The summed E-state index contributed by atoms with van der Waals surface area (Å²) in [6.07, 6.45) is 5.21. The van der Waals surface area contributed by atoms with Gasteiger partial charge in [0.15, 0.2) is 12.2 Å². The summed E-state index contributed by atoms with van der Waals surface area (Å²) in [7, 11) is 1.67. The summed E-state index contributed by atoms with van der Waals surface area (Å²) in [5.74, 6) is 2.67. The van der Waals surface area contributed by atoms with Gasteiger partial charge < -0.3 is 19.3 Å². The maximum atomic E-state index is 13.4. The second-order valence-corrected chi connectivity index (χ2v) is 9.64. The number of fused-ring (bicyclic) bond motifs is 1. The lowest BCUT2D eigenvalue weighted by Crippen LogP contribution is -2.40. The van der Waals surface area contributed by atoms with Crippen LogP contribution in [0, 0.1) is 11.3 Å². The van der Waals surface area contributed by atoms with E-state index >= 15 is 0 Å². The third-order valence-electron chi connectivity index (χ3n) is 7.23. The van der Waals surface area contributed by atoms with E-state index in [0.29, 0.717) is 73.8 Å². The Morgan fingerprint density at radius 3 is 2.92 bits per heavy atom. The zero-order valence-electron chi connectivity index (χ0n) is 21.7. The largest absolute Gasteiger partial charge is 0.471 e. The topological polar surface area (TPSA) is 141 Å². The Kier molecular flexibility index (Phi) is 7.72. The average molecular weight is 532 g/mol. The molecule has 0 aromatic carbocycles. The lowest BCUT2D eigenvalue weighted by molar-refractivity contribution is 0.0640. The van der Waals surface area contributed by atoms with Gasteiger partial charge in [-0.1, -0.05) is 0 Å². The number of ether oxygens (including phenoxy) is 2. The van der Waals surface area contributed by atoms with Crippen molar-refractivity contribution < 1.29 is 23.9 Å². The molecule has 0 radical (unpaired) electrons. The summed E-state index contributed by atoms with van der Waals surface area (Å²) in [6, 6.07) is 5.32. The first-order chi connectivity index (χ1) is 19.0. The molecule has 39 heavy (non-hydrogen) atoms. The van der Waals surface area contributed by atoms with Gasteiger partial charge in [0, 0.05) is 57.7 Å². The van der Waals surface area contributed by atoms with E-state index in [1.807, 2.05) is 12.0 Å². The van der Waals surface area contributed by atoms with Crippen molar-refractivity contribution in [1.82, 2.24) is 14.9 Å². The summed E-state index contributed by atoms with van der Waals surface area (Å²) in [5, 5.41) is 12.4. The molecule has 202 valence electrons. The molecule has 0 spiro atoms. The van der Waals surface area contributed by atoms with E-state index in [9.17, 15) is 19.6 Å². The van der Waals surface area contributed by atoms with Crippen molar-refractivity contribution in [2.75, 3.05) is 55.0 Å². The smallest absolute Gasteiger partial charge is 0.328 e. The number of methoxy groups -OCH3 is 1. The number of rotatable bonds is 6. The number of aldehydes is 1. The quantitative estimate of drug-likeness (QED) is 0.436. The van der Waals surface area contributed by atoms with Crippen LogP contribution in [-0.4, -0.2) is 79.1 Å². The lowest BCUT2D eigenvalue weighted by atomic mass is 10.0. The number of carbonyl (C=O) groups excluding carboxylic acids is 3. The summed E-state index contributed by atoms with van der Waals surface area (Å²) in [6.45, 7) is 3.15. The Morgan fingerprint density at radius 1 is 1.31 bits per heavy atom. The van der Waals surface area contributed by atoms with Gasteiger partial charge >= 0.3 is 6.03 Å². The zero-order valence-corrected chi connectivity index (χ0v) is 21.7. The third kappa shape index (κ3) is 5.41. The van der Waals surface area contributed by atoms with Crippen LogP contribution in [0.15, 0.2) is 24.2 Å². The minimum Gasteiger partial charge on any atom is -0.471 e. The Bertz CT molecular complexity index is 1370. The average Bonchev–Trinajstić information content (AvgIpc) is 3.46. The summed E-state index contributed by atoms with van der Waals surface area (Å²) in [4.78, 5) is 50.8. The third-order valence-corrected chi connectivity index (χ3v) is 7.23. The zero-order chi connectivity index (χ0) is 27.4. The molecule has 1 N–H and O–H groups in total. The number of hydrogen-bond acceptors (Lipinski definition) is 10. The fourth-order valence-electron chi connectivity index (χ4n) is 5.23. The van der Waals surface area contributed by atoms with E-state index in [-0.39, 0.29) is 24.2 Å². The highest BCUT2D eigenvalue weighted by atomic mass is 16.5. The number of aromatic nitrogens is 2. The second kappa shape index (κ2) is 11.5. The molecule has 5 heterocycles. The van der Waals surface area contributed by atoms with Gasteiger partial charge in [0.25, 0.3) is 5.88 Å². The van der Waals surface area contributed by atoms with Crippen LogP contribution in [0.3, 0.4) is 0 Å². The van der Waals surface area contributed by atoms with Gasteiger partial charge in [0.1, 0.15) is 23.4 Å². The predicted molar refractivity (Wildman–Crippen MR) is 141 cm³/mol. The first kappa shape index (κ1) is 26.2. The molecule has 0 bridgehead atoms. The number of nitrogens with zero attached hydrogens (tertiary/aromatic N) is 6. The van der Waals surface area contributed by atoms with Gasteiger partial charge in [0.05, 0.1) is 24.0 Å². The molecule has 0 aliphatic carbocycles. The van der Waals surface area contributed by atoms with E-state index in [1.165, 1.54) is 11.1 Å². The Balaban J connectivity index is 1.37. The molecule has 3 aliphatic heterocycles. The van der Waals surface area contributed by atoms with Crippen molar-refractivity contribution in [3.8, 4) is 6.07 Å². The number of anilines is 3. The van der Waals surface area contributed by atoms with E-state index in [0.717, 1.165) is 24.9 Å². The fraction of sp³-hybridized carbons (Fsp3) is 0.444. The molecule has 0 saturated carbocycles. The van der Waals surface area contributed by atoms with E-state index < -0.39 is 6.03 Å². The van der Waals surface area contributed by atoms with Crippen LogP contribution in [0.4, 0.5) is 22.1 Å². The van der Waals surface area contributed by atoms with Crippen molar-refractivity contribution >= 4 is 35.6 Å². The Morgan fingerprint density at radius 2 is 2.18 bits per heavy atom. The van der Waals surface area contributed by atoms with Gasteiger partial charge in [-0.15, -0.1) is 0 Å². The van der Waals surface area contributed by atoms with Crippen LogP contribution in [-0.2, 0) is 27.2 Å². The van der Waals surface area contributed by atoms with Crippen LogP contribution in [0.1, 0.15) is 46.4 Å². The Labute approximate surface area is 225 Å². The number of nitrogens with one attached hydrogen (secondary N) is 1. The highest BCUT2D eigenvalue weighted by Crippen LogP contribution is 2.30. The van der Waals surface area contributed by atoms with Crippen LogP contribution in [0.5, 0.6) is 0 Å². The molecule has 2 amide bonds. The normalized spacial score (nSPS) is 18.6. The molecule has 5 rings (SSSR count). The molecule has 2 saturated heterocycles. The van der Waals surface area contributed by atoms with E-state index in [1.54, 1.807) is 18.1 Å². The summed E-state index contributed by atoms with van der Waals surface area (Å²) in [5.41, 5.74) is 2.80. The number of hydrogen-bond donors (Lipinski definition) is 1. The first-order valence-electron chi connectivity index (χ1n) is 12.9. The van der Waals surface area contributed by atoms with Crippen LogP contribution in [0.2, 0.25) is 0 Å². The minimum absolute atomic E-state index is 0.0825. The number of nitriles is 1. The summed E-state index contributed by atoms with van der Waals surface area (Å²) >= 11 is 0. The van der Waals surface area contributed by atoms with Crippen molar-refractivity contribution in [3.63, 3.8) is 0 Å². The van der Waals surface area contributed by atoms with Crippen LogP contribution in [0.25, 0.3) is 0 Å². The molecule has 3 aliphatic rings. The lowest BCUT2D eigenvalue weighted by Gasteiger charge is -2.31. The Hall–Kier alpha value is -4.46. The molecule has 1 atom stereocenters. The molecule has 2 aromatic rings. The van der Waals surface area contributed by atoms with E-state index in [4.69, 9.17) is 9.47 Å². The maximum Gasteiger partial charge on any atom is 0.328 e. The molecule has 12 nitrogen and oxygen atoms in total. The molecule has 12 heteroatoms. The fourth-order valence-corrected chi connectivity index (χ4v) is 5.23. The monoisotopic (exact) mass is 531 g/mol. The molecular weight excluding hydrogens is 502 g/mol. The second-order valence-electron chi connectivity index (χ2n) is 9.64. The number of urea groups is 1.